The summed E-state index contributed by atoms with van der Waals surface area (Å²) in [6.45, 7) is 4.02. The lowest BCUT2D eigenvalue weighted by Crippen LogP contribution is -2.35. The summed E-state index contributed by atoms with van der Waals surface area (Å²) in [5.74, 6) is 0.287. The van der Waals surface area contributed by atoms with E-state index in [2.05, 4.69) is 12.2 Å². The van der Waals surface area contributed by atoms with Crippen LogP contribution in [0.3, 0.4) is 0 Å². The summed E-state index contributed by atoms with van der Waals surface area (Å²) >= 11 is 0. The molecule has 15 nitrogen and oxygen atoms in total. The van der Waals surface area contributed by atoms with Gasteiger partial charge in [-0.05, 0) is 121 Å². The Morgan fingerprint density at radius 2 is 1.00 bits per heavy atom. The second kappa shape index (κ2) is 27.3. The Hall–Kier alpha value is -4.81. The zero-order valence-corrected chi connectivity index (χ0v) is 41.1. The molecule has 13 atom stereocenters. The van der Waals surface area contributed by atoms with Crippen molar-refractivity contribution in [3.8, 4) is 17.2 Å². The highest BCUT2D eigenvalue weighted by Crippen LogP contribution is 2.40. The molecule has 0 bridgehead atoms. The number of nitrogens with one attached hydrogen (secondary N) is 1. The molecule has 3 aliphatic rings. The molecular weight excluding hydrogens is 911 g/mol. The van der Waals surface area contributed by atoms with E-state index in [4.69, 9.17) is 33.2 Å². The molecule has 0 saturated carbocycles. The molecule has 0 radical (unpaired) electrons. The van der Waals surface area contributed by atoms with Crippen LogP contribution in [0.4, 0.5) is 10.5 Å². The zero-order chi connectivity index (χ0) is 50.1. The van der Waals surface area contributed by atoms with E-state index >= 15 is 0 Å². The molecule has 15 heteroatoms. The largest absolute Gasteiger partial charge is 0.507 e. The predicted octanol–water partition coefficient (Wildman–Crippen LogP) is 10.5. The van der Waals surface area contributed by atoms with Gasteiger partial charge >= 0.3 is 6.09 Å². The summed E-state index contributed by atoms with van der Waals surface area (Å²) in [5.41, 5.74) is 2.25. The number of hydrogen-bond acceptors (Lipinski definition) is 14. The van der Waals surface area contributed by atoms with Crippen molar-refractivity contribution in [3.05, 3.63) is 120 Å². The minimum Gasteiger partial charge on any atom is -0.507 e. The van der Waals surface area contributed by atoms with Gasteiger partial charge in [-0.2, -0.15) is 0 Å². The van der Waals surface area contributed by atoms with Gasteiger partial charge < -0.3 is 63.8 Å². The van der Waals surface area contributed by atoms with E-state index in [0.29, 0.717) is 106 Å². The Labute approximate surface area is 418 Å². The summed E-state index contributed by atoms with van der Waals surface area (Å²) < 4.78 is 43.4. The number of aliphatic hydroxyl groups is 3. The summed E-state index contributed by atoms with van der Waals surface area (Å²) in [5, 5.41) is 68.0. The Balaban J connectivity index is 0.906. The fourth-order valence-corrected chi connectivity index (χ4v) is 9.98. The van der Waals surface area contributed by atoms with Crippen LogP contribution in [0.15, 0.2) is 103 Å². The Kier molecular flexibility index (Phi) is 20.8. The van der Waals surface area contributed by atoms with Crippen LogP contribution in [0.5, 0.6) is 17.2 Å². The van der Waals surface area contributed by atoms with Gasteiger partial charge in [0.05, 0.1) is 54.9 Å². The standard InChI is InChI=1S/C56H75NO14/c1-3-41-34-43(67-54(66-41)48-25-8-11-28-51(48)62)20-13-18-38(58)31-40(60)33-42(71-56(64)57-37-16-5-4-6-17-37)22-15-23-45-35-44(68-55(69-45)49-26-9-12-29-52(49)63)21-14-19-39(59)32-46-30-36(2)65-53(70-46)47-24-7-10-27-50(47)61/h4-12,16-17,24-29,36,38-46,53-55,58-63H,3,13-15,18-23,30-35H2,1-2H3,(H,57,64)/t36-,38?,39?,40?,41?,42?,43?,44?,45?,46?,53?,54?,55?/m0/s1. The fourth-order valence-electron chi connectivity index (χ4n) is 9.98. The Bertz CT molecular complexity index is 2200. The SMILES string of the molecule is CCC1CC(CCCC(O)CC(O)CC(CCCC2CC(CCCC(O)CC3C[C@H](C)OC(c4ccccc4O)O3)OC(c3ccccc3O)O2)OC(=O)Nc2ccccc2)OC(c2ccccc2O)O1. The lowest BCUT2D eigenvalue weighted by molar-refractivity contribution is -0.251. The van der Waals surface area contributed by atoms with Crippen molar-refractivity contribution in [3.63, 3.8) is 0 Å². The van der Waals surface area contributed by atoms with Crippen molar-refractivity contribution in [1.82, 2.24) is 0 Å². The maximum Gasteiger partial charge on any atom is 0.411 e. The first-order valence-corrected chi connectivity index (χ1v) is 25.7. The van der Waals surface area contributed by atoms with Crippen LogP contribution in [-0.2, 0) is 33.2 Å². The van der Waals surface area contributed by atoms with Crippen LogP contribution in [0.1, 0.15) is 152 Å². The topological polar surface area (TPSA) is 215 Å². The molecule has 71 heavy (non-hydrogen) atoms. The summed E-state index contributed by atoms with van der Waals surface area (Å²) in [6, 6.07) is 29.9. The number of carbonyl (C=O) groups is 1. The van der Waals surface area contributed by atoms with Crippen molar-refractivity contribution in [1.29, 1.82) is 0 Å². The first kappa shape index (κ1) is 54.0. The number of benzene rings is 4. The zero-order valence-electron chi connectivity index (χ0n) is 41.1. The number of phenols is 3. The van der Waals surface area contributed by atoms with Gasteiger partial charge in [0, 0.05) is 41.6 Å². The molecule has 7 rings (SSSR count). The van der Waals surface area contributed by atoms with E-state index in [9.17, 15) is 35.4 Å². The highest BCUT2D eigenvalue weighted by molar-refractivity contribution is 5.84. The number of phenolic OH excluding ortho intramolecular Hbond substituents is 3. The fraction of sp³-hybridized carbons (Fsp3) is 0.554. The summed E-state index contributed by atoms with van der Waals surface area (Å²) in [4.78, 5) is 13.2. The molecule has 12 unspecified atom stereocenters. The first-order chi connectivity index (χ1) is 34.4. The van der Waals surface area contributed by atoms with Gasteiger partial charge in [-0.3, -0.25) is 5.32 Å². The molecule has 0 aliphatic carbocycles. The van der Waals surface area contributed by atoms with Crippen LogP contribution in [-0.4, -0.2) is 97.8 Å². The lowest BCUT2D eigenvalue weighted by atomic mass is 9.95. The van der Waals surface area contributed by atoms with Gasteiger partial charge in [0.2, 0.25) is 0 Å². The third-order valence-corrected chi connectivity index (χ3v) is 13.7. The summed E-state index contributed by atoms with van der Waals surface area (Å²) in [6.07, 6.45) is 1.68. The molecule has 1 amide bonds. The third-order valence-electron chi connectivity index (χ3n) is 13.7. The molecule has 3 fully saturated rings. The van der Waals surface area contributed by atoms with E-state index in [0.717, 1.165) is 6.42 Å². The Morgan fingerprint density at radius 1 is 0.549 bits per heavy atom. The number of aliphatic hydroxyl groups excluding tert-OH is 3. The highest BCUT2D eigenvalue weighted by Gasteiger charge is 2.35. The van der Waals surface area contributed by atoms with Crippen molar-refractivity contribution < 1.29 is 68.6 Å². The van der Waals surface area contributed by atoms with Gasteiger partial charge in [-0.1, -0.05) is 79.7 Å². The number of ether oxygens (including phenoxy) is 7. The van der Waals surface area contributed by atoms with Crippen LogP contribution >= 0.6 is 0 Å². The summed E-state index contributed by atoms with van der Waals surface area (Å²) in [7, 11) is 0. The van der Waals surface area contributed by atoms with Gasteiger partial charge in [0.1, 0.15) is 23.4 Å². The van der Waals surface area contributed by atoms with E-state index in [-0.39, 0.29) is 66.7 Å². The first-order valence-electron chi connectivity index (χ1n) is 25.7. The monoisotopic (exact) mass is 986 g/mol. The Morgan fingerprint density at radius 3 is 1.54 bits per heavy atom. The van der Waals surface area contributed by atoms with Crippen molar-refractivity contribution in [2.45, 2.75) is 196 Å². The number of aromatic hydroxyl groups is 3. The lowest BCUT2D eigenvalue weighted by Gasteiger charge is -2.37. The number of para-hydroxylation sites is 4. The average Bonchev–Trinajstić information content (AvgIpc) is 3.34. The van der Waals surface area contributed by atoms with E-state index in [1.807, 2.05) is 43.3 Å². The van der Waals surface area contributed by atoms with Crippen LogP contribution in [0, 0.1) is 0 Å². The number of anilines is 1. The van der Waals surface area contributed by atoms with E-state index < -0.39 is 49.4 Å². The van der Waals surface area contributed by atoms with Crippen molar-refractivity contribution >= 4 is 11.8 Å². The number of hydrogen-bond donors (Lipinski definition) is 7. The second-order valence-electron chi connectivity index (χ2n) is 19.5. The van der Waals surface area contributed by atoms with E-state index in [1.165, 1.54) is 0 Å². The minimum absolute atomic E-state index is 0.0221. The third kappa shape index (κ3) is 16.9. The second-order valence-corrected chi connectivity index (χ2v) is 19.5. The highest BCUT2D eigenvalue weighted by atomic mass is 16.7. The molecular formula is C56H75NO14. The molecule has 3 saturated heterocycles. The normalized spacial score (nSPS) is 26.5. The maximum atomic E-state index is 13.2. The van der Waals surface area contributed by atoms with Gasteiger partial charge in [0.15, 0.2) is 18.9 Å². The molecule has 4 aromatic carbocycles. The smallest absolute Gasteiger partial charge is 0.411 e. The van der Waals surface area contributed by atoms with Gasteiger partial charge in [0.25, 0.3) is 0 Å². The van der Waals surface area contributed by atoms with Crippen LogP contribution in [0.2, 0.25) is 0 Å². The van der Waals surface area contributed by atoms with Gasteiger partial charge in [-0.25, -0.2) is 4.79 Å². The molecule has 7 N–H and O–H groups in total. The molecule has 4 aromatic rings. The predicted molar refractivity (Wildman–Crippen MR) is 265 cm³/mol. The van der Waals surface area contributed by atoms with Crippen LogP contribution in [0.25, 0.3) is 0 Å². The minimum atomic E-state index is -0.946. The average molecular weight is 986 g/mol. The molecule has 388 valence electrons. The van der Waals surface area contributed by atoms with E-state index in [1.54, 1.807) is 66.7 Å². The molecule has 0 aromatic heterocycles. The molecule has 0 spiro atoms. The number of amides is 1. The quantitative estimate of drug-likeness (QED) is 0.0348. The molecule has 3 aliphatic heterocycles. The number of carbonyl (C=O) groups excluding carboxylic acids is 1. The number of rotatable bonds is 24. The van der Waals surface area contributed by atoms with Crippen molar-refractivity contribution in [2.75, 3.05) is 5.32 Å². The molecule has 3 heterocycles. The van der Waals surface area contributed by atoms with Gasteiger partial charge in [-0.15, -0.1) is 0 Å². The van der Waals surface area contributed by atoms with Crippen molar-refractivity contribution in [2.24, 2.45) is 0 Å². The maximum absolute atomic E-state index is 13.2. The van der Waals surface area contributed by atoms with Crippen LogP contribution < -0.4 is 5.32 Å².